The van der Waals surface area contributed by atoms with E-state index in [4.69, 9.17) is 4.74 Å². The minimum atomic E-state index is 0.356. The Balaban J connectivity index is 1.22. The van der Waals surface area contributed by atoms with Crippen LogP contribution in [0.15, 0.2) is 24.3 Å². The number of carbonyl (C=O) groups excluding carboxylic acids is 1. The Hall–Kier alpha value is -1.16. The van der Waals surface area contributed by atoms with Gasteiger partial charge in [0, 0.05) is 17.3 Å². The molecule has 3 nitrogen and oxygen atoms in total. The highest BCUT2D eigenvalue weighted by molar-refractivity contribution is 8.01. The smallest absolute Gasteiger partial charge is 0.233 e. The predicted molar refractivity (Wildman–Crippen MR) is 110 cm³/mol. The fraction of sp³-hybridized carbons (Fsp3) is 0.696. The van der Waals surface area contributed by atoms with E-state index in [9.17, 15) is 4.79 Å². The number of rotatable bonds is 7. The Kier molecular flexibility index (Phi) is 4.66. The second-order valence-corrected chi connectivity index (χ2v) is 10.9. The van der Waals surface area contributed by atoms with Crippen LogP contribution in [0.5, 0.6) is 5.75 Å². The van der Waals surface area contributed by atoms with E-state index in [1.807, 2.05) is 23.9 Å². The monoisotopic (exact) mass is 385 g/mol. The van der Waals surface area contributed by atoms with Gasteiger partial charge in [0.1, 0.15) is 5.75 Å². The standard InChI is InChI=1S/C23H31NO2S/c1-26-21-6-2-16(3-7-21)14-24(20-4-5-20)22(25)15-27-23-11-17-8-18(12-23)10-19(9-17)13-23/h2-3,6-7,17-20H,4-5,8-15H2,1H3. The van der Waals surface area contributed by atoms with Crippen LogP contribution >= 0.6 is 11.8 Å². The van der Waals surface area contributed by atoms with Gasteiger partial charge in [0.05, 0.1) is 12.9 Å². The zero-order chi connectivity index (χ0) is 18.4. The van der Waals surface area contributed by atoms with E-state index in [2.05, 4.69) is 17.0 Å². The average Bonchev–Trinajstić information content (AvgIpc) is 3.49. The van der Waals surface area contributed by atoms with E-state index >= 15 is 0 Å². The van der Waals surface area contributed by atoms with Crippen LogP contribution in [-0.4, -0.2) is 34.5 Å². The number of amides is 1. The molecule has 5 aliphatic rings. The quantitative estimate of drug-likeness (QED) is 0.669. The third-order valence-corrected chi connectivity index (χ3v) is 8.81. The first-order valence-electron chi connectivity index (χ1n) is 10.7. The SMILES string of the molecule is COc1ccc(CN(C(=O)CSC23CC4CC(CC(C4)C2)C3)C2CC2)cc1. The van der Waals surface area contributed by atoms with Gasteiger partial charge >= 0.3 is 0 Å². The molecule has 1 aromatic carbocycles. The van der Waals surface area contributed by atoms with Crippen molar-refractivity contribution in [3.05, 3.63) is 29.8 Å². The van der Waals surface area contributed by atoms with Crippen molar-refractivity contribution in [1.29, 1.82) is 0 Å². The van der Waals surface area contributed by atoms with Crippen LogP contribution in [0.25, 0.3) is 0 Å². The molecule has 0 aromatic heterocycles. The summed E-state index contributed by atoms with van der Waals surface area (Å²) in [7, 11) is 1.69. The largest absolute Gasteiger partial charge is 0.497 e. The molecule has 27 heavy (non-hydrogen) atoms. The van der Waals surface area contributed by atoms with Crippen molar-refractivity contribution >= 4 is 17.7 Å². The first-order chi connectivity index (χ1) is 13.1. The zero-order valence-corrected chi connectivity index (χ0v) is 17.2. The van der Waals surface area contributed by atoms with Crippen molar-refractivity contribution in [2.24, 2.45) is 17.8 Å². The van der Waals surface area contributed by atoms with E-state index in [0.29, 0.717) is 22.4 Å². The second-order valence-electron chi connectivity index (χ2n) is 9.49. The lowest BCUT2D eigenvalue weighted by Crippen LogP contribution is -2.49. The molecule has 4 heteroatoms. The van der Waals surface area contributed by atoms with Gasteiger partial charge < -0.3 is 9.64 Å². The van der Waals surface area contributed by atoms with E-state index in [1.165, 1.54) is 56.9 Å². The molecule has 6 rings (SSSR count). The number of ether oxygens (including phenoxy) is 1. The highest BCUT2D eigenvalue weighted by atomic mass is 32.2. The Labute approximate surface area is 167 Å². The van der Waals surface area contributed by atoms with Gasteiger partial charge in [-0.25, -0.2) is 0 Å². The minimum absolute atomic E-state index is 0.356. The van der Waals surface area contributed by atoms with Gasteiger partial charge in [-0.1, -0.05) is 12.1 Å². The maximum atomic E-state index is 13.1. The Morgan fingerprint density at radius 1 is 1.07 bits per heavy atom. The number of hydrogen-bond acceptors (Lipinski definition) is 3. The summed E-state index contributed by atoms with van der Waals surface area (Å²) in [5.41, 5.74) is 1.20. The molecule has 0 radical (unpaired) electrons. The topological polar surface area (TPSA) is 29.5 Å². The van der Waals surface area contributed by atoms with Crippen LogP contribution in [0.2, 0.25) is 0 Å². The fourth-order valence-electron chi connectivity index (χ4n) is 6.24. The lowest BCUT2D eigenvalue weighted by atomic mass is 9.56. The molecular formula is C23H31NO2S. The van der Waals surface area contributed by atoms with Crippen molar-refractivity contribution < 1.29 is 9.53 Å². The summed E-state index contributed by atoms with van der Waals surface area (Å²) in [6.07, 6.45) is 10.9. The number of methoxy groups -OCH3 is 1. The van der Waals surface area contributed by atoms with Crippen molar-refractivity contribution in [2.45, 2.75) is 68.7 Å². The third-order valence-electron chi connectivity index (χ3n) is 7.30. The summed E-state index contributed by atoms with van der Waals surface area (Å²) in [4.78, 5) is 15.3. The summed E-state index contributed by atoms with van der Waals surface area (Å²) >= 11 is 2.02. The Morgan fingerprint density at radius 2 is 1.67 bits per heavy atom. The number of nitrogens with zero attached hydrogens (tertiary/aromatic N) is 1. The maximum absolute atomic E-state index is 13.1. The Bertz CT molecular complexity index is 662. The lowest BCUT2D eigenvalue weighted by molar-refractivity contribution is -0.129. The van der Waals surface area contributed by atoms with Gasteiger partial charge in [-0.15, -0.1) is 11.8 Å². The van der Waals surface area contributed by atoms with Crippen LogP contribution < -0.4 is 4.74 Å². The molecule has 0 aliphatic heterocycles. The van der Waals surface area contributed by atoms with Crippen LogP contribution in [0.1, 0.15) is 56.9 Å². The van der Waals surface area contributed by atoms with Gasteiger partial charge in [0.15, 0.2) is 0 Å². The molecule has 5 saturated carbocycles. The predicted octanol–water partition coefficient (Wildman–Crippen LogP) is 4.89. The summed E-state index contributed by atoms with van der Waals surface area (Å²) in [6, 6.07) is 8.64. The normalized spacial score (nSPS) is 33.9. The lowest BCUT2D eigenvalue weighted by Gasteiger charge is -2.56. The molecule has 0 saturated heterocycles. The minimum Gasteiger partial charge on any atom is -0.497 e. The van der Waals surface area contributed by atoms with Gasteiger partial charge in [-0.05, 0) is 86.8 Å². The highest BCUT2D eigenvalue weighted by Crippen LogP contribution is 2.60. The number of hydrogen-bond donors (Lipinski definition) is 0. The second kappa shape index (κ2) is 7.02. The first-order valence-corrected chi connectivity index (χ1v) is 11.7. The van der Waals surface area contributed by atoms with Crippen LogP contribution in [0.3, 0.4) is 0 Å². The van der Waals surface area contributed by atoms with Gasteiger partial charge in [-0.3, -0.25) is 4.79 Å². The van der Waals surface area contributed by atoms with Crippen molar-refractivity contribution in [1.82, 2.24) is 4.90 Å². The van der Waals surface area contributed by atoms with E-state index in [0.717, 1.165) is 30.0 Å². The number of carbonyl (C=O) groups is 1. The van der Waals surface area contributed by atoms with Gasteiger partial charge in [0.25, 0.3) is 0 Å². The number of benzene rings is 1. The molecule has 0 atom stereocenters. The summed E-state index contributed by atoms with van der Waals surface area (Å²) in [6.45, 7) is 0.745. The number of thioether (sulfide) groups is 1. The maximum Gasteiger partial charge on any atom is 0.233 e. The molecule has 5 aliphatic carbocycles. The molecule has 0 heterocycles. The Morgan fingerprint density at radius 3 is 2.19 bits per heavy atom. The molecule has 1 amide bonds. The van der Waals surface area contributed by atoms with Gasteiger partial charge in [-0.2, -0.15) is 0 Å². The molecule has 0 N–H and O–H groups in total. The van der Waals surface area contributed by atoms with Crippen LogP contribution in [-0.2, 0) is 11.3 Å². The van der Waals surface area contributed by atoms with Crippen LogP contribution in [0.4, 0.5) is 0 Å². The highest BCUT2D eigenvalue weighted by Gasteiger charge is 2.51. The van der Waals surface area contributed by atoms with Crippen molar-refractivity contribution in [3.8, 4) is 5.75 Å². The summed E-state index contributed by atoms with van der Waals surface area (Å²) < 4.78 is 5.68. The average molecular weight is 386 g/mol. The van der Waals surface area contributed by atoms with Crippen molar-refractivity contribution in [2.75, 3.05) is 12.9 Å². The molecule has 5 fully saturated rings. The molecular weight excluding hydrogens is 354 g/mol. The zero-order valence-electron chi connectivity index (χ0n) is 16.4. The van der Waals surface area contributed by atoms with Gasteiger partial charge in [0.2, 0.25) is 5.91 Å². The van der Waals surface area contributed by atoms with Crippen molar-refractivity contribution in [3.63, 3.8) is 0 Å². The van der Waals surface area contributed by atoms with E-state index in [-0.39, 0.29) is 0 Å². The van der Waals surface area contributed by atoms with Crippen LogP contribution in [0, 0.1) is 17.8 Å². The molecule has 0 spiro atoms. The summed E-state index contributed by atoms with van der Waals surface area (Å²) in [5.74, 6) is 4.78. The molecule has 0 unspecified atom stereocenters. The third kappa shape index (κ3) is 3.74. The summed E-state index contributed by atoms with van der Waals surface area (Å²) in [5, 5.41) is 0. The van der Waals surface area contributed by atoms with E-state index < -0.39 is 0 Å². The molecule has 1 aromatic rings. The van der Waals surface area contributed by atoms with E-state index in [1.54, 1.807) is 7.11 Å². The molecule has 4 bridgehead atoms. The fourth-order valence-corrected chi connectivity index (χ4v) is 7.90. The first kappa shape index (κ1) is 17.9. The molecule has 146 valence electrons.